The minimum Gasteiger partial charge on any atom is -0.465 e. The first-order chi connectivity index (χ1) is 12.9. The molecule has 3 rings (SSSR count). The van der Waals surface area contributed by atoms with Crippen molar-refractivity contribution in [3.05, 3.63) is 33.5 Å². The van der Waals surface area contributed by atoms with Crippen molar-refractivity contribution < 1.29 is 9.53 Å². The van der Waals surface area contributed by atoms with E-state index in [1.54, 1.807) is 11.3 Å². The minimum atomic E-state index is -0.296. The van der Waals surface area contributed by atoms with Gasteiger partial charge in [-0.15, -0.1) is 11.3 Å². The van der Waals surface area contributed by atoms with Crippen molar-refractivity contribution in [1.29, 1.82) is 0 Å². The van der Waals surface area contributed by atoms with Gasteiger partial charge in [-0.3, -0.25) is 4.68 Å². The van der Waals surface area contributed by atoms with Crippen molar-refractivity contribution in [1.82, 2.24) is 15.1 Å². The first kappa shape index (κ1) is 19.8. The summed E-state index contributed by atoms with van der Waals surface area (Å²) in [6.07, 6.45) is 7.25. The number of anilines is 1. The number of hydrogen-bond donors (Lipinski definition) is 2. The summed E-state index contributed by atoms with van der Waals surface area (Å²) in [5.74, 6) is -0.296. The Morgan fingerprint density at radius 2 is 2.11 bits per heavy atom. The molecule has 2 aromatic heterocycles. The normalized spacial score (nSPS) is 14.8. The minimum absolute atomic E-state index is 0.0121. The van der Waals surface area contributed by atoms with Gasteiger partial charge < -0.3 is 15.4 Å². The van der Waals surface area contributed by atoms with Crippen LogP contribution in [0.5, 0.6) is 0 Å². The topological polar surface area (TPSA) is 68.2 Å². The van der Waals surface area contributed by atoms with Gasteiger partial charge >= 0.3 is 5.97 Å². The predicted molar refractivity (Wildman–Crippen MR) is 113 cm³/mol. The van der Waals surface area contributed by atoms with Crippen LogP contribution in [0.2, 0.25) is 0 Å². The molecule has 2 N–H and O–H groups in total. The molecule has 0 aliphatic heterocycles. The number of methoxy groups -OCH3 is 1. The van der Waals surface area contributed by atoms with E-state index in [2.05, 4.69) is 15.7 Å². The first-order valence-electron chi connectivity index (χ1n) is 9.21. The summed E-state index contributed by atoms with van der Waals surface area (Å²) in [6.45, 7) is 4.07. The standard InChI is InChI=1S/C19H26N4O2S2/c1-11(14-10-20-23(3)12(14)2)21-19(26)22-17-16(18(24)25-4)13-8-6-5-7-9-15(13)27-17/h10-11H,5-9H2,1-4H3,(H2,21,22,26). The zero-order valence-electron chi connectivity index (χ0n) is 16.2. The molecule has 1 atom stereocenters. The molecule has 146 valence electrons. The van der Waals surface area contributed by atoms with Crippen molar-refractivity contribution in [2.75, 3.05) is 12.4 Å². The smallest absolute Gasteiger partial charge is 0.341 e. The van der Waals surface area contributed by atoms with Crippen LogP contribution in [-0.2, 0) is 24.6 Å². The number of esters is 1. The second-order valence-electron chi connectivity index (χ2n) is 6.89. The third-order valence-electron chi connectivity index (χ3n) is 5.13. The molecule has 1 aliphatic rings. The zero-order valence-corrected chi connectivity index (χ0v) is 17.9. The lowest BCUT2D eigenvalue weighted by atomic mass is 10.1. The summed E-state index contributed by atoms with van der Waals surface area (Å²) in [7, 11) is 3.35. The molecule has 0 amide bonds. The summed E-state index contributed by atoms with van der Waals surface area (Å²) in [4.78, 5) is 13.7. The Bertz CT molecular complexity index is 856. The molecule has 8 heteroatoms. The highest BCUT2D eigenvalue weighted by atomic mass is 32.1. The van der Waals surface area contributed by atoms with Gasteiger partial charge in [0.05, 0.1) is 24.9 Å². The summed E-state index contributed by atoms with van der Waals surface area (Å²) in [5, 5.41) is 12.1. The van der Waals surface area contributed by atoms with E-state index in [-0.39, 0.29) is 12.0 Å². The Hall–Kier alpha value is -1.93. The van der Waals surface area contributed by atoms with E-state index in [4.69, 9.17) is 17.0 Å². The molecule has 2 aromatic rings. The van der Waals surface area contributed by atoms with Crippen molar-refractivity contribution in [2.45, 2.75) is 52.0 Å². The lowest BCUT2D eigenvalue weighted by Gasteiger charge is -2.17. The van der Waals surface area contributed by atoms with E-state index in [9.17, 15) is 4.79 Å². The quantitative estimate of drug-likeness (QED) is 0.456. The lowest BCUT2D eigenvalue weighted by molar-refractivity contribution is 0.0601. The van der Waals surface area contributed by atoms with E-state index < -0.39 is 0 Å². The van der Waals surface area contributed by atoms with E-state index in [0.29, 0.717) is 10.7 Å². The van der Waals surface area contributed by atoms with Gasteiger partial charge in [0.1, 0.15) is 5.00 Å². The van der Waals surface area contributed by atoms with Gasteiger partial charge in [0, 0.05) is 23.2 Å². The van der Waals surface area contributed by atoms with Crippen LogP contribution in [0.15, 0.2) is 6.20 Å². The van der Waals surface area contributed by atoms with Crippen LogP contribution in [0.25, 0.3) is 0 Å². The maximum atomic E-state index is 12.4. The predicted octanol–water partition coefficient (Wildman–Crippen LogP) is 3.89. The van der Waals surface area contributed by atoms with Gasteiger partial charge in [-0.05, 0) is 57.3 Å². The number of fused-ring (bicyclic) bond motifs is 1. The van der Waals surface area contributed by atoms with Gasteiger partial charge in [-0.2, -0.15) is 5.10 Å². The number of carbonyl (C=O) groups is 1. The number of thiocarbonyl (C=S) groups is 1. The monoisotopic (exact) mass is 406 g/mol. The lowest BCUT2D eigenvalue weighted by Crippen LogP contribution is -2.31. The summed E-state index contributed by atoms with van der Waals surface area (Å²) < 4.78 is 6.89. The molecule has 0 fully saturated rings. The highest BCUT2D eigenvalue weighted by Crippen LogP contribution is 2.38. The van der Waals surface area contributed by atoms with Crippen LogP contribution in [0.4, 0.5) is 5.00 Å². The average molecular weight is 407 g/mol. The molecule has 1 aliphatic carbocycles. The second-order valence-corrected chi connectivity index (χ2v) is 8.40. The molecular weight excluding hydrogens is 380 g/mol. The Labute approximate surface area is 169 Å². The fourth-order valence-electron chi connectivity index (χ4n) is 3.50. The molecule has 2 heterocycles. The number of nitrogens with one attached hydrogen (secondary N) is 2. The van der Waals surface area contributed by atoms with Crippen LogP contribution >= 0.6 is 23.6 Å². The maximum absolute atomic E-state index is 12.4. The molecule has 0 spiro atoms. The Balaban J connectivity index is 1.79. The van der Waals surface area contributed by atoms with Crippen LogP contribution in [0, 0.1) is 6.92 Å². The maximum Gasteiger partial charge on any atom is 0.341 e. The Morgan fingerprint density at radius 3 is 2.78 bits per heavy atom. The van der Waals surface area contributed by atoms with Crippen molar-refractivity contribution in [3.63, 3.8) is 0 Å². The number of nitrogens with zero attached hydrogens (tertiary/aromatic N) is 2. The second kappa shape index (κ2) is 8.39. The fourth-order valence-corrected chi connectivity index (χ4v) is 5.13. The molecule has 6 nitrogen and oxygen atoms in total. The van der Waals surface area contributed by atoms with Crippen molar-refractivity contribution >= 4 is 39.6 Å². The van der Waals surface area contributed by atoms with Crippen LogP contribution in [-0.4, -0.2) is 28.0 Å². The SMILES string of the molecule is COC(=O)c1c(NC(=S)NC(C)c2cnn(C)c2C)sc2c1CCCCC2. The number of carbonyl (C=O) groups excluding carboxylic acids is 1. The number of aryl methyl sites for hydroxylation is 2. The molecule has 0 bridgehead atoms. The highest BCUT2D eigenvalue weighted by Gasteiger charge is 2.26. The molecular formula is C19H26N4O2S2. The number of aromatic nitrogens is 2. The van der Waals surface area contributed by atoms with E-state index in [1.165, 1.54) is 18.4 Å². The summed E-state index contributed by atoms with van der Waals surface area (Å²) >= 11 is 7.14. The molecule has 1 unspecified atom stereocenters. The largest absolute Gasteiger partial charge is 0.465 e. The fraction of sp³-hybridized carbons (Fsp3) is 0.526. The first-order valence-corrected chi connectivity index (χ1v) is 10.4. The van der Waals surface area contributed by atoms with Gasteiger partial charge in [0.2, 0.25) is 0 Å². The van der Waals surface area contributed by atoms with E-state index in [1.807, 2.05) is 31.8 Å². The number of thiophene rings is 1. The summed E-state index contributed by atoms with van der Waals surface area (Å²) in [6, 6.07) is 0.0121. The molecule has 27 heavy (non-hydrogen) atoms. The number of rotatable bonds is 4. The Morgan fingerprint density at radius 1 is 1.37 bits per heavy atom. The van der Waals surface area contributed by atoms with E-state index >= 15 is 0 Å². The summed E-state index contributed by atoms with van der Waals surface area (Å²) in [5.41, 5.74) is 3.97. The molecule has 0 radical (unpaired) electrons. The average Bonchev–Trinajstić information content (AvgIpc) is 3.04. The third kappa shape index (κ3) is 4.16. The number of hydrogen-bond acceptors (Lipinski definition) is 5. The third-order valence-corrected chi connectivity index (χ3v) is 6.55. The van der Waals surface area contributed by atoms with Crippen molar-refractivity contribution in [3.8, 4) is 0 Å². The number of ether oxygens (including phenoxy) is 1. The van der Waals surface area contributed by atoms with Gasteiger partial charge in [0.15, 0.2) is 5.11 Å². The zero-order chi connectivity index (χ0) is 19.6. The molecule has 0 saturated carbocycles. The molecule has 0 aromatic carbocycles. The van der Waals surface area contributed by atoms with Crippen LogP contribution in [0.3, 0.4) is 0 Å². The van der Waals surface area contributed by atoms with E-state index in [0.717, 1.165) is 47.5 Å². The van der Waals surface area contributed by atoms with Crippen LogP contribution in [0.1, 0.15) is 64.3 Å². The van der Waals surface area contributed by atoms with Gasteiger partial charge in [-0.1, -0.05) is 6.42 Å². The van der Waals surface area contributed by atoms with Crippen LogP contribution < -0.4 is 10.6 Å². The molecule has 0 saturated heterocycles. The highest BCUT2D eigenvalue weighted by molar-refractivity contribution is 7.80. The van der Waals surface area contributed by atoms with Crippen molar-refractivity contribution in [2.24, 2.45) is 7.05 Å². The van der Waals surface area contributed by atoms with Gasteiger partial charge in [0.25, 0.3) is 0 Å². The van der Waals surface area contributed by atoms with Gasteiger partial charge in [-0.25, -0.2) is 4.79 Å². The Kier molecular flexibility index (Phi) is 6.16.